The molecule has 3 fully saturated rings. The van der Waals surface area contributed by atoms with Crippen molar-refractivity contribution in [3.63, 3.8) is 0 Å². The van der Waals surface area contributed by atoms with E-state index in [1.807, 2.05) is 18.2 Å². The highest BCUT2D eigenvalue weighted by Gasteiger charge is 2.53. The standard InChI is InChI=1S/C29H31ClFN5O2/c1-34-9-7-21-26(6-5-22(30)27(21)28(34)37)38-20-13-29(14-20)16-35(17-29)10-8-32-24-12-25-18(11-23(24)31)15-33-36(25)19-3-2-4-19/h5-7,9,11-12,15,19-20,32H,2-4,8,10,13-14,16-17H2,1H3. The molecule has 7 rings (SSSR count). The number of benzene rings is 2. The lowest BCUT2D eigenvalue weighted by Gasteiger charge is -2.58. The van der Waals surface area contributed by atoms with Crippen LogP contribution in [0, 0.1) is 11.2 Å². The molecule has 2 aromatic carbocycles. The highest BCUT2D eigenvalue weighted by atomic mass is 35.5. The van der Waals surface area contributed by atoms with Crippen molar-refractivity contribution in [2.45, 2.75) is 44.2 Å². The van der Waals surface area contributed by atoms with Gasteiger partial charge in [0.15, 0.2) is 0 Å². The van der Waals surface area contributed by atoms with Crippen LogP contribution in [-0.2, 0) is 7.05 Å². The average molecular weight is 536 g/mol. The van der Waals surface area contributed by atoms with Gasteiger partial charge in [0.05, 0.1) is 40.0 Å². The second-order valence-electron chi connectivity index (χ2n) is 11.4. The molecule has 4 aromatic rings. The molecule has 2 aliphatic carbocycles. The normalized spacial score (nSPS) is 19.4. The zero-order chi connectivity index (χ0) is 26.0. The van der Waals surface area contributed by atoms with E-state index >= 15 is 0 Å². The fourth-order valence-electron chi connectivity index (χ4n) is 6.45. The van der Waals surface area contributed by atoms with Crippen molar-refractivity contribution < 1.29 is 9.13 Å². The summed E-state index contributed by atoms with van der Waals surface area (Å²) in [6.45, 7) is 3.64. The van der Waals surface area contributed by atoms with Crippen LogP contribution in [0.4, 0.5) is 10.1 Å². The molecule has 3 aliphatic rings. The Morgan fingerprint density at radius 1 is 1.21 bits per heavy atom. The molecule has 2 saturated carbocycles. The van der Waals surface area contributed by atoms with Crippen LogP contribution in [0.5, 0.6) is 5.75 Å². The van der Waals surface area contributed by atoms with Crippen molar-refractivity contribution in [2.75, 3.05) is 31.5 Å². The number of aryl methyl sites for hydroxylation is 1. The topological polar surface area (TPSA) is 64.3 Å². The summed E-state index contributed by atoms with van der Waals surface area (Å²) in [5, 5.41) is 10.4. The lowest BCUT2D eigenvalue weighted by Crippen LogP contribution is -2.65. The van der Waals surface area contributed by atoms with Crippen molar-refractivity contribution in [2.24, 2.45) is 12.5 Å². The molecule has 198 valence electrons. The second kappa shape index (κ2) is 8.99. The lowest BCUT2D eigenvalue weighted by atomic mass is 9.62. The first-order chi connectivity index (χ1) is 18.4. The minimum atomic E-state index is -0.225. The predicted molar refractivity (Wildman–Crippen MR) is 148 cm³/mol. The van der Waals surface area contributed by atoms with Gasteiger partial charge in [-0.3, -0.25) is 9.48 Å². The van der Waals surface area contributed by atoms with Gasteiger partial charge in [-0.05, 0) is 62.4 Å². The van der Waals surface area contributed by atoms with Gasteiger partial charge in [-0.1, -0.05) is 11.6 Å². The number of aromatic nitrogens is 3. The van der Waals surface area contributed by atoms with Gasteiger partial charge in [-0.2, -0.15) is 5.10 Å². The van der Waals surface area contributed by atoms with Crippen LogP contribution in [0.2, 0.25) is 5.02 Å². The van der Waals surface area contributed by atoms with E-state index in [9.17, 15) is 9.18 Å². The second-order valence-corrected chi connectivity index (χ2v) is 11.8. The summed E-state index contributed by atoms with van der Waals surface area (Å²) in [6.07, 6.45) is 9.20. The Bertz CT molecular complexity index is 1600. The van der Waals surface area contributed by atoms with Gasteiger partial charge < -0.3 is 19.5 Å². The summed E-state index contributed by atoms with van der Waals surface area (Å²) < 4.78 is 24.6. The number of pyridine rings is 1. The molecule has 3 heterocycles. The van der Waals surface area contributed by atoms with Gasteiger partial charge in [0.2, 0.25) is 0 Å². The number of ether oxygens (including phenoxy) is 1. The molecule has 0 atom stereocenters. The van der Waals surface area contributed by atoms with E-state index in [1.54, 1.807) is 31.6 Å². The molecule has 1 saturated heterocycles. The lowest BCUT2D eigenvalue weighted by molar-refractivity contribution is -0.117. The fraction of sp³-hybridized carbons (Fsp3) is 0.448. The largest absolute Gasteiger partial charge is 0.490 e. The number of nitrogens with zero attached hydrogens (tertiary/aromatic N) is 4. The zero-order valence-corrected chi connectivity index (χ0v) is 22.2. The molecule has 0 amide bonds. The SMILES string of the molecule is Cn1ccc2c(OC3CC4(C3)CN(CCNc3cc5c(cnn5C5CCC5)cc3F)C4)ccc(Cl)c2c1=O. The molecule has 0 bridgehead atoms. The Morgan fingerprint density at radius 3 is 2.79 bits per heavy atom. The van der Waals surface area contributed by atoms with Crippen molar-refractivity contribution in [3.05, 3.63) is 63.9 Å². The molecule has 1 aliphatic heterocycles. The third-order valence-electron chi connectivity index (χ3n) is 8.74. The van der Waals surface area contributed by atoms with Crippen LogP contribution in [0.1, 0.15) is 38.1 Å². The third kappa shape index (κ3) is 3.96. The van der Waals surface area contributed by atoms with Crippen molar-refractivity contribution >= 4 is 39.0 Å². The number of likely N-dealkylation sites (tertiary alicyclic amines) is 1. The van der Waals surface area contributed by atoms with Crippen molar-refractivity contribution in [1.82, 2.24) is 19.2 Å². The minimum absolute atomic E-state index is 0.116. The molecule has 7 nitrogen and oxygen atoms in total. The molecule has 0 unspecified atom stereocenters. The van der Waals surface area contributed by atoms with Crippen LogP contribution < -0.4 is 15.6 Å². The van der Waals surface area contributed by atoms with E-state index in [0.29, 0.717) is 34.1 Å². The number of anilines is 1. The molecule has 0 radical (unpaired) electrons. The first-order valence-corrected chi connectivity index (χ1v) is 13.8. The molecule has 2 aromatic heterocycles. The Labute approximate surface area is 225 Å². The van der Waals surface area contributed by atoms with E-state index in [1.165, 1.54) is 11.0 Å². The molecule has 9 heteroatoms. The Kier molecular flexibility index (Phi) is 5.67. The summed E-state index contributed by atoms with van der Waals surface area (Å²) >= 11 is 6.32. The van der Waals surface area contributed by atoms with Gasteiger partial charge in [0, 0.05) is 55.6 Å². The molecular formula is C29H31ClFN5O2. The van der Waals surface area contributed by atoms with Gasteiger partial charge in [0.25, 0.3) is 5.56 Å². The van der Waals surface area contributed by atoms with E-state index in [2.05, 4.69) is 20.0 Å². The predicted octanol–water partition coefficient (Wildman–Crippen LogP) is 5.36. The van der Waals surface area contributed by atoms with Crippen molar-refractivity contribution in [3.8, 4) is 5.75 Å². The van der Waals surface area contributed by atoms with E-state index in [4.69, 9.17) is 16.3 Å². The summed E-state index contributed by atoms with van der Waals surface area (Å²) in [7, 11) is 1.72. The van der Waals surface area contributed by atoms with Crippen LogP contribution in [-0.4, -0.2) is 51.5 Å². The maximum absolute atomic E-state index is 14.7. The highest BCUT2D eigenvalue weighted by Crippen LogP contribution is 2.50. The number of nitrogens with one attached hydrogen (secondary N) is 1. The highest BCUT2D eigenvalue weighted by molar-refractivity contribution is 6.35. The zero-order valence-electron chi connectivity index (χ0n) is 21.4. The van der Waals surface area contributed by atoms with E-state index in [0.717, 1.165) is 67.4 Å². The maximum atomic E-state index is 14.7. The van der Waals surface area contributed by atoms with Crippen LogP contribution in [0.25, 0.3) is 21.7 Å². The molecular weight excluding hydrogens is 505 g/mol. The number of halogens is 2. The molecule has 38 heavy (non-hydrogen) atoms. The third-order valence-corrected chi connectivity index (χ3v) is 9.05. The van der Waals surface area contributed by atoms with Crippen LogP contribution in [0.3, 0.4) is 0 Å². The quantitative estimate of drug-likeness (QED) is 0.345. The number of hydrogen-bond acceptors (Lipinski definition) is 5. The van der Waals surface area contributed by atoms with Gasteiger partial charge in [-0.25, -0.2) is 4.39 Å². The number of fused-ring (bicyclic) bond motifs is 2. The van der Waals surface area contributed by atoms with Gasteiger partial charge >= 0.3 is 0 Å². The summed E-state index contributed by atoms with van der Waals surface area (Å²) in [5.74, 6) is 0.497. The van der Waals surface area contributed by atoms with Gasteiger partial charge in [0.1, 0.15) is 11.6 Å². The average Bonchev–Trinajstić information content (AvgIpc) is 3.20. The monoisotopic (exact) mass is 535 g/mol. The van der Waals surface area contributed by atoms with Crippen molar-refractivity contribution in [1.29, 1.82) is 0 Å². The molecule has 1 spiro atoms. The first-order valence-electron chi connectivity index (χ1n) is 13.5. The first kappa shape index (κ1) is 24.0. The Morgan fingerprint density at radius 2 is 2.03 bits per heavy atom. The Balaban J connectivity index is 0.923. The summed E-state index contributed by atoms with van der Waals surface area (Å²) in [6, 6.07) is 9.46. The number of hydrogen-bond donors (Lipinski definition) is 1. The maximum Gasteiger partial charge on any atom is 0.259 e. The smallest absolute Gasteiger partial charge is 0.259 e. The number of rotatable bonds is 7. The molecule has 1 N–H and O–H groups in total. The van der Waals surface area contributed by atoms with E-state index < -0.39 is 0 Å². The fourth-order valence-corrected chi connectivity index (χ4v) is 6.70. The van der Waals surface area contributed by atoms with E-state index in [-0.39, 0.29) is 17.5 Å². The van der Waals surface area contributed by atoms with Crippen LogP contribution >= 0.6 is 11.6 Å². The summed E-state index contributed by atoms with van der Waals surface area (Å²) in [4.78, 5) is 15.0. The summed E-state index contributed by atoms with van der Waals surface area (Å²) in [5.41, 5.74) is 1.75. The minimum Gasteiger partial charge on any atom is -0.490 e. The van der Waals surface area contributed by atoms with Gasteiger partial charge in [-0.15, -0.1) is 0 Å². The van der Waals surface area contributed by atoms with Crippen LogP contribution in [0.15, 0.2) is 47.5 Å². The Hall–Kier alpha value is -3.10.